The molecule has 1 saturated heterocycles. The molecule has 1 aliphatic carbocycles. The van der Waals surface area contributed by atoms with Gasteiger partial charge in [0.2, 0.25) is 0 Å². The van der Waals surface area contributed by atoms with Gasteiger partial charge in [0.05, 0.1) is 19.8 Å². The Morgan fingerprint density at radius 2 is 1.76 bits per heavy atom. The maximum absolute atomic E-state index is 12.6. The molecule has 0 unspecified atom stereocenters. The topological polar surface area (TPSA) is 42.8 Å². The molecule has 1 aromatic rings. The fourth-order valence-corrected chi connectivity index (χ4v) is 4.40. The minimum atomic E-state index is 0.0629. The second kappa shape index (κ2) is 8.33. The molecule has 1 aliphatic heterocycles. The van der Waals surface area contributed by atoms with Crippen molar-refractivity contribution in [2.45, 2.75) is 57.4 Å². The van der Waals surface area contributed by atoms with Gasteiger partial charge in [0.15, 0.2) is 0 Å². The van der Waals surface area contributed by atoms with Crippen molar-refractivity contribution in [1.29, 1.82) is 0 Å². The third kappa shape index (κ3) is 4.42. The molecule has 0 bridgehead atoms. The van der Waals surface area contributed by atoms with Crippen LogP contribution in [0, 0.1) is 0 Å². The van der Waals surface area contributed by atoms with E-state index in [1.54, 1.807) is 4.90 Å². The Labute approximate surface area is 151 Å². The van der Waals surface area contributed by atoms with Gasteiger partial charge in [-0.05, 0) is 36.5 Å². The van der Waals surface area contributed by atoms with E-state index >= 15 is 0 Å². The number of morpholine rings is 1. The Bertz CT molecular complexity index is 556. The first-order valence-electron chi connectivity index (χ1n) is 9.92. The van der Waals surface area contributed by atoms with E-state index in [0.717, 1.165) is 38.4 Å². The normalized spacial score (nSPS) is 21.2. The number of nitrogens with one attached hydrogen (secondary N) is 2. The molecule has 1 amide bonds. The number of benzene rings is 1. The molecule has 4 nitrogen and oxygen atoms in total. The molecule has 0 atom stereocenters. The largest absolute Gasteiger partial charge is 0.370 e. The molecule has 1 heterocycles. The van der Waals surface area contributed by atoms with Crippen molar-refractivity contribution in [3.8, 4) is 0 Å². The van der Waals surface area contributed by atoms with E-state index in [4.69, 9.17) is 4.74 Å². The molecule has 4 heteroatoms. The van der Waals surface area contributed by atoms with Crippen LogP contribution in [0.4, 0.5) is 0 Å². The summed E-state index contributed by atoms with van der Waals surface area (Å²) in [5.74, 6) is 0.556. The van der Waals surface area contributed by atoms with E-state index in [0.29, 0.717) is 5.92 Å². The van der Waals surface area contributed by atoms with Crippen molar-refractivity contribution in [2.75, 3.05) is 32.8 Å². The van der Waals surface area contributed by atoms with Crippen LogP contribution in [0.5, 0.6) is 0 Å². The molecule has 0 spiro atoms. The predicted molar refractivity (Wildman–Crippen MR) is 100 cm³/mol. The first-order chi connectivity index (χ1) is 12.1. The van der Waals surface area contributed by atoms with Crippen LogP contribution in [0.2, 0.25) is 0 Å². The Morgan fingerprint density at radius 1 is 1.12 bits per heavy atom. The standard InChI is InChI=1S/C21H32N2O2/c1-17(2)18-6-8-19(9-7-18)20(24)22-16-21(10-4-3-5-11-21)23-12-14-25-15-13-23/h6-9,17H,3-5,10-16H2,1-2H3,(H,22,24)/p+1. The van der Waals surface area contributed by atoms with Gasteiger partial charge in [-0.2, -0.15) is 0 Å². The van der Waals surface area contributed by atoms with Crippen molar-refractivity contribution in [3.63, 3.8) is 0 Å². The highest BCUT2D eigenvalue weighted by Gasteiger charge is 2.42. The second-order valence-corrected chi connectivity index (χ2v) is 8.02. The molecule has 1 saturated carbocycles. The van der Waals surface area contributed by atoms with Gasteiger partial charge in [0, 0.05) is 18.4 Å². The fraction of sp³-hybridized carbons (Fsp3) is 0.667. The van der Waals surface area contributed by atoms with Gasteiger partial charge in [0.25, 0.3) is 5.91 Å². The van der Waals surface area contributed by atoms with Crippen LogP contribution in [0.3, 0.4) is 0 Å². The van der Waals surface area contributed by atoms with E-state index in [1.807, 2.05) is 12.1 Å². The first kappa shape index (κ1) is 18.4. The second-order valence-electron chi connectivity index (χ2n) is 8.02. The summed E-state index contributed by atoms with van der Waals surface area (Å²) in [5, 5.41) is 3.25. The minimum absolute atomic E-state index is 0.0629. The van der Waals surface area contributed by atoms with Crippen LogP contribution in [0.1, 0.15) is 67.8 Å². The van der Waals surface area contributed by atoms with E-state index in [-0.39, 0.29) is 11.4 Å². The number of amides is 1. The van der Waals surface area contributed by atoms with E-state index in [9.17, 15) is 4.79 Å². The third-order valence-corrected chi connectivity index (χ3v) is 6.08. The molecular weight excluding hydrogens is 312 g/mol. The van der Waals surface area contributed by atoms with Crippen LogP contribution in [0.15, 0.2) is 24.3 Å². The number of carbonyl (C=O) groups excluding carboxylic acids is 1. The molecule has 138 valence electrons. The van der Waals surface area contributed by atoms with Crippen molar-refractivity contribution >= 4 is 5.91 Å². The summed E-state index contributed by atoms with van der Waals surface area (Å²) in [4.78, 5) is 14.3. The van der Waals surface area contributed by atoms with Crippen molar-refractivity contribution in [1.82, 2.24) is 5.32 Å². The highest BCUT2D eigenvalue weighted by Crippen LogP contribution is 2.25. The summed E-state index contributed by atoms with van der Waals surface area (Å²) in [6, 6.07) is 8.06. The highest BCUT2D eigenvalue weighted by atomic mass is 16.5. The van der Waals surface area contributed by atoms with Gasteiger partial charge < -0.3 is 15.0 Å². The summed E-state index contributed by atoms with van der Waals surface area (Å²) in [7, 11) is 0. The Kier molecular flexibility index (Phi) is 6.13. The van der Waals surface area contributed by atoms with Crippen LogP contribution in [-0.2, 0) is 4.74 Å². The van der Waals surface area contributed by atoms with E-state index < -0.39 is 0 Å². The smallest absolute Gasteiger partial charge is 0.251 e. The summed E-state index contributed by atoms with van der Waals surface area (Å²) in [5.41, 5.74) is 2.25. The van der Waals surface area contributed by atoms with Gasteiger partial charge in [-0.15, -0.1) is 0 Å². The lowest BCUT2D eigenvalue weighted by Gasteiger charge is -2.45. The van der Waals surface area contributed by atoms with Crippen LogP contribution in [-0.4, -0.2) is 44.3 Å². The molecule has 0 aromatic heterocycles. The number of rotatable bonds is 5. The van der Waals surface area contributed by atoms with Gasteiger partial charge >= 0.3 is 0 Å². The minimum Gasteiger partial charge on any atom is -0.370 e. The Hall–Kier alpha value is -1.39. The quantitative estimate of drug-likeness (QED) is 0.859. The fourth-order valence-electron chi connectivity index (χ4n) is 4.40. The number of quaternary nitrogens is 1. The maximum Gasteiger partial charge on any atom is 0.251 e. The maximum atomic E-state index is 12.6. The zero-order chi connectivity index (χ0) is 17.7. The summed E-state index contributed by atoms with van der Waals surface area (Å²) < 4.78 is 5.55. The average Bonchev–Trinajstić information content (AvgIpc) is 2.67. The van der Waals surface area contributed by atoms with Gasteiger partial charge in [0.1, 0.15) is 18.6 Å². The summed E-state index contributed by atoms with van der Waals surface area (Å²) in [6.07, 6.45) is 6.33. The lowest BCUT2D eigenvalue weighted by molar-refractivity contribution is -0.960. The molecular formula is C21H33N2O2+. The Balaban J connectivity index is 1.64. The van der Waals surface area contributed by atoms with Crippen LogP contribution < -0.4 is 10.2 Å². The number of hydrogen-bond acceptors (Lipinski definition) is 2. The van der Waals surface area contributed by atoms with Gasteiger partial charge in [-0.1, -0.05) is 32.4 Å². The van der Waals surface area contributed by atoms with Crippen molar-refractivity contribution < 1.29 is 14.4 Å². The highest BCUT2D eigenvalue weighted by molar-refractivity contribution is 5.94. The predicted octanol–water partition coefficient (Wildman–Crippen LogP) is 2.16. The summed E-state index contributed by atoms with van der Waals surface area (Å²) in [6.45, 7) is 8.97. The zero-order valence-corrected chi connectivity index (χ0v) is 15.8. The molecule has 0 radical (unpaired) electrons. The van der Waals surface area contributed by atoms with E-state index in [1.165, 1.54) is 37.7 Å². The van der Waals surface area contributed by atoms with Crippen molar-refractivity contribution in [2.24, 2.45) is 0 Å². The number of carbonyl (C=O) groups is 1. The first-order valence-corrected chi connectivity index (χ1v) is 9.92. The lowest BCUT2D eigenvalue weighted by atomic mass is 9.79. The molecule has 3 rings (SSSR count). The average molecular weight is 346 g/mol. The SMILES string of the molecule is CC(C)c1ccc(C(=O)NCC2([NH+]3CCOCC3)CCCCC2)cc1. The monoisotopic (exact) mass is 345 g/mol. The van der Waals surface area contributed by atoms with E-state index in [2.05, 4.69) is 31.3 Å². The Morgan fingerprint density at radius 3 is 2.36 bits per heavy atom. The third-order valence-electron chi connectivity index (χ3n) is 6.08. The lowest BCUT2D eigenvalue weighted by Crippen LogP contribution is -3.23. The van der Waals surface area contributed by atoms with Crippen molar-refractivity contribution in [3.05, 3.63) is 35.4 Å². The van der Waals surface area contributed by atoms with Gasteiger partial charge in [-0.25, -0.2) is 0 Å². The van der Waals surface area contributed by atoms with Crippen LogP contribution in [0.25, 0.3) is 0 Å². The number of ether oxygens (including phenoxy) is 1. The molecule has 2 aliphatic rings. The van der Waals surface area contributed by atoms with Crippen LogP contribution >= 0.6 is 0 Å². The molecule has 2 N–H and O–H groups in total. The molecule has 25 heavy (non-hydrogen) atoms. The number of hydrogen-bond donors (Lipinski definition) is 2. The molecule has 2 fully saturated rings. The summed E-state index contributed by atoms with van der Waals surface area (Å²) >= 11 is 0. The van der Waals surface area contributed by atoms with Gasteiger partial charge in [-0.3, -0.25) is 4.79 Å². The zero-order valence-electron chi connectivity index (χ0n) is 15.8. The molecule has 1 aromatic carbocycles.